The van der Waals surface area contributed by atoms with Crippen LogP contribution in [0.3, 0.4) is 0 Å². The van der Waals surface area contributed by atoms with Crippen LogP contribution >= 0.6 is 35.6 Å². The maximum atomic E-state index is 13.5. The summed E-state index contributed by atoms with van der Waals surface area (Å²) in [6.07, 6.45) is 3.31. The van der Waals surface area contributed by atoms with Crippen molar-refractivity contribution in [2.24, 2.45) is 0 Å². The van der Waals surface area contributed by atoms with E-state index >= 15 is 0 Å². The fourth-order valence-corrected chi connectivity index (χ4v) is 5.05. The van der Waals surface area contributed by atoms with Gasteiger partial charge in [0.25, 0.3) is 5.91 Å². The minimum absolute atomic E-state index is 0. The van der Waals surface area contributed by atoms with Crippen molar-refractivity contribution in [1.29, 1.82) is 0 Å². The zero-order valence-electron chi connectivity index (χ0n) is 16.5. The van der Waals surface area contributed by atoms with Crippen LogP contribution in [0, 0.1) is 0 Å². The third-order valence-corrected chi connectivity index (χ3v) is 6.96. The van der Waals surface area contributed by atoms with Crippen molar-refractivity contribution in [3.05, 3.63) is 69.3 Å². The number of aromatic nitrogens is 1. The number of rotatable bonds is 3. The second kappa shape index (κ2) is 8.80. The Labute approximate surface area is 192 Å². The molecule has 1 saturated heterocycles. The highest BCUT2D eigenvalue weighted by Crippen LogP contribution is 2.36. The minimum Gasteiger partial charge on any atom is -0.356 e. The molecule has 1 fully saturated rings. The average molecular weight is 465 g/mol. The van der Waals surface area contributed by atoms with Crippen molar-refractivity contribution in [1.82, 2.24) is 14.8 Å². The van der Waals surface area contributed by atoms with Crippen molar-refractivity contribution < 1.29 is 4.79 Å². The largest absolute Gasteiger partial charge is 0.356 e. The summed E-state index contributed by atoms with van der Waals surface area (Å²) in [5.74, 6) is 0.0112. The number of carbonyl (C=O) groups excluding carboxylic acids is 1. The monoisotopic (exact) mass is 463 g/mol. The van der Waals surface area contributed by atoms with Crippen LogP contribution in [0.15, 0.2) is 42.5 Å². The number of nitrogens with one attached hydrogen (secondary N) is 1. The summed E-state index contributed by atoms with van der Waals surface area (Å²) in [6.45, 7) is 3.75. The second-order valence-corrected chi connectivity index (χ2v) is 8.78. The molecule has 2 aliphatic heterocycles. The molecule has 7 heteroatoms. The maximum Gasteiger partial charge on any atom is 0.254 e. The Balaban J connectivity index is 0.00000218. The third kappa shape index (κ3) is 3.82. The molecule has 1 unspecified atom stereocenters. The minimum atomic E-state index is 0. The van der Waals surface area contributed by atoms with Crippen LogP contribution in [0.2, 0.25) is 10.0 Å². The first-order chi connectivity index (χ1) is 14.1. The van der Waals surface area contributed by atoms with Gasteiger partial charge in [-0.1, -0.05) is 41.4 Å². The number of hydrogen-bond donors (Lipinski definition) is 1. The number of amides is 1. The van der Waals surface area contributed by atoms with E-state index in [1.54, 1.807) is 18.2 Å². The first-order valence-corrected chi connectivity index (χ1v) is 11.0. The highest BCUT2D eigenvalue weighted by atomic mass is 35.5. The van der Waals surface area contributed by atoms with Crippen LogP contribution in [-0.2, 0) is 6.42 Å². The van der Waals surface area contributed by atoms with Gasteiger partial charge in [-0.05, 0) is 62.2 Å². The van der Waals surface area contributed by atoms with E-state index in [2.05, 4.69) is 34.1 Å². The Bertz CT molecular complexity index is 1070. The first kappa shape index (κ1) is 21.5. The summed E-state index contributed by atoms with van der Waals surface area (Å²) in [5, 5.41) is 2.15. The number of hydrogen-bond acceptors (Lipinski definition) is 2. The number of halogens is 3. The van der Waals surface area contributed by atoms with Crippen LogP contribution in [0.4, 0.5) is 0 Å². The van der Waals surface area contributed by atoms with Crippen LogP contribution in [0.5, 0.6) is 0 Å². The molecule has 30 heavy (non-hydrogen) atoms. The number of likely N-dealkylation sites (tertiary alicyclic amines) is 1. The van der Waals surface area contributed by atoms with Gasteiger partial charge in [-0.2, -0.15) is 0 Å². The first-order valence-electron chi connectivity index (χ1n) is 10.2. The standard InChI is InChI=1S/C23H23Cl2N3O.ClH/c24-18-8-7-15(13-19(18)25)23(29)28-12-9-17-16-5-1-2-6-20(16)26-22(17)21(28)14-27-10-3-4-11-27;/h1-2,5-8,13,21,26H,3-4,9-12,14H2;1H. The van der Waals surface area contributed by atoms with E-state index in [-0.39, 0.29) is 24.4 Å². The summed E-state index contributed by atoms with van der Waals surface area (Å²) in [7, 11) is 0. The number of carbonyl (C=O) groups is 1. The zero-order chi connectivity index (χ0) is 20.0. The molecule has 0 bridgehead atoms. The average Bonchev–Trinajstić information content (AvgIpc) is 3.37. The van der Waals surface area contributed by atoms with Gasteiger partial charge < -0.3 is 14.8 Å². The number of benzene rings is 2. The molecule has 3 heterocycles. The molecule has 1 amide bonds. The van der Waals surface area contributed by atoms with Gasteiger partial charge in [0.2, 0.25) is 0 Å². The zero-order valence-corrected chi connectivity index (χ0v) is 18.9. The number of nitrogens with zero attached hydrogens (tertiary/aromatic N) is 2. The molecule has 4 nitrogen and oxygen atoms in total. The van der Waals surface area contributed by atoms with Crippen molar-refractivity contribution in [2.75, 3.05) is 26.2 Å². The number of aromatic amines is 1. The van der Waals surface area contributed by atoms with Crippen LogP contribution in [0.25, 0.3) is 10.9 Å². The lowest BCUT2D eigenvalue weighted by Gasteiger charge is -2.38. The van der Waals surface area contributed by atoms with Gasteiger partial charge in [-0.25, -0.2) is 0 Å². The molecule has 1 aromatic heterocycles. The van der Waals surface area contributed by atoms with E-state index in [9.17, 15) is 4.79 Å². The molecule has 1 N–H and O–H groups in total. The fraction of sp³-hybridized carbons (Fsp3) is 0.348. The normalized spacial score (nSPS) is 19.0. The second-order valence-electron chi connectivity index (χ2n) is 7.96. The van der Waals surface area contributed by atoms with E-state index in [0.717, 1.165) is 31.6 Å². The predicted octanol–water partition coefficient (Wildman–Crippen LogP) is 5.73. The molecular weight excluding hydrogens is 441 g/mol. The lowest BCUT2D eigenvalue weighted by molar-refractivity contribution is 0.0612. The SMILES string of the molecule is Cl.O=C(c1ccc(Cl)c(Cl)c1)N1CCc2c([nH]c3ccccc23)C1CN1CCCC1. The van der Waals surface area contributed by atoms with Gasteiger partial charge in [0.15, 0.2) is 0 Å². The lowest BCUT2D eigenvalue weighted by Crippen LogP contribution is -2.44. The van der Waals surface area contributed by atoms with Crippen LogP contribution in [-0.4, -0.2) is 46.9 Å². The molecule has 0 radical (unpaired) electrons. The Morgan fingerprint density at radius 2 is 1.80 bits per heavy atom. The highest BCUT2D eigenvalue weighted by molar-refractivity contribution is 6.42. The van der Waals surface area contributed by atoms with E-state index in [1.165, 1.54) is 29.5 Å². The summed E-state index contributed by atoms with van der Waals surface area (Å²) >= 11 is 12.2. The number of fused-ring (bicyclic) bond motifs is 3. The van der Waals surface area contributed by atoms with Crippen LogP contribution in [0.1, 0.15) is 40.5 Å². The molecule has 0 saturated carbocycles. The fourth-order valence-electron chi connectivity index (χ4n) is 4.76. The number of para-hydroxylation sites is 1. The van der Waals surface area contributed by atoms with Crippen molar-refractivity contribution in [3.8, 4) is 0 Å². The highest BCUT2D eigenvalue weighted by Gasteiger charge is 2.35. The molecule has 0 spiro atoms. The van der Waals surface area contributed by atoms with Crippen molar-refractivity contribution in [2.45, 2.75) is 25.3 Å². The smallest absolute Gasteiger partial charge is 0.254 e. The summed E-state index contributed by atoms with van der Waals surface area (Å²) in [4.78, 5) is 21.6. The van der Waals surface area contributed by atoms with E-state index in [1.807, 2.05) is 4.90 Å². The molecule has 3 aromatic rings. The summed E-state index contributed by atoms with van der Waals surface area (Å²) in [6, 6.07) is 13.6. The Morgan fingerprint density at radius 3 is 2.57 bits per heavy atom. The van der Waals surface area contributed by atoms with Gasteiger partial charge in [-0.15, -0.1) is 12.4 Å². The third-order valence-electron chi connectivity index (χ3n) is 6.22. The Kier molecular flexibility index (Phi) is 6.31. The maximum absolute atomic E-state index is 13.5. The molecule has 2 aliphatic rings. The Morgan fingerprint density at radius 1 is 1.03 bits per heavy atom. The van der Waals surface area contributed by atoms with Crippen molar-refractivity contribution >= 4 is 52.4 Å². The molecule has 158 valence electrons. The molecular formula is C23H24Cl3N3O. The van der Waals surface area contributed by atoms with E-state index in [0.29, 0.717) is 22.2 Å². The van der Waals surface area contributed by atoms with Crippen LogP contribution < -0.4 is 0 Å². The summed E-state index contributed by atoms with van der Waals surface area (Å²) in [5.41, 5.74) is 4.26. The van der Waals surface area contributed by atoms with Gasteiger partial charge in [0.1, 0.15) is 0 Å². The quantitative estimate of drug-likeness (QED) is 0.537. The van der Waals surface area contributed by atoms with Gasteiger partial charge in [0, 0.05) is 35.2 Å². The van der Waals surface area contributed by atoms with E-state index < -0.39 is 0 Å². The van der Waals surface area contributed by atoms with Crippen molar-refractivity contribution in [3.63, 3.8) is 0 Å². The number of H-pyrrole nitrogens is 1. The molecule has 0 aliphatic carbocycles. The van der Waals surface area contributed by atoms with Gasteiger partial charge in [-0.3, -0.25) is 4.79 Å². The predicted molar refractivity (Wildman–Crippen MR) is 125 cm³/mol. The van der Waals surface area contributed by atoms with Gasteiger partial charge >= 0.3 is 0 Å². The summed E-state index contributed by atoms with van der Waals surface area (Å²) < 4.78 is 0. The molecule has 5 rings (SSSR count). The van der Waals surface area contributed by atoms with Gasteiger partial charge in [0.05, 0.1) is 16.1 Å². The molecule has 1 atom stereocenters. The Hall–Kier alpha value is -1.72. The lowest BCUT2D eigenvalue weighted by atomic mass is 9.96. The van der Waals surface area contributed by atoms with E-state index in [4.69, 9.17) is 23.2 Å². The molecule has 2 aromatic carbocycles. The topological polar surface area (TPSA) is 39.3 Å².